The molecule has 0 spiro atoms. The van der Waals surface area contributed by atoms with E-state index in [9.17, 15) is 14.9 Å². The van der Waals surface area contributed by atoms with E-state index in [0.717, 1.165) is 5.56 Å². The number of aryl methyl sites for hydroxylation is 1. The number of carboxylic acids is 1. The minimum atomic E-state index is -0.972. The second-order valence-electron chi connectivity index (χ2n) is 3.73. The molecule has 0 fully saturated rings. The molecule has 0 saturated carbocycles. The van der Waals surface area contributed by atoms with Crippen LogP contribution in [0.5, 0.6) is 5.75 Å². The Kier molecular flexibility index (Phi) is 4.03. The van der Waals surface area contributed by atoms with Crippen LogP contribution in [-0.4, -0.2) is 22.1 Å². The second-order valence-corrected chi connectivity index (χ2v) is 3.73. The predicted molar refractivity (Wildman–Crippen MR) is 60.2 cm³/mol. The highest BCUT2D eigenvalue weighted by Crippen LogP contribution is 2.25. The van der Waals surface area contributed by atoms with Gasteiger partial charge in [-0.2, -0.15) is 0 Å². The van der Waals surface area contributed by atoms with Crippen LogP contribution in [0.2, 0.25) is 0 Å². The van der Waals surface area contributed by atoms with Gasteiger partial charge < -0.3 is 9.84 Å². The van der Waals surface area contributed by atoms with Crippen LogP contribution in [0.25, 0.3) is 0 Å². The molecule has 0 amide bonds. The summed E-state index contributed by atoms with van der Waals surface area (Å²) >= 11 is 0. The molecule has 0 aliphatic heterocycles. The van der Waals surface area contributed by atoms with Gasteiger partial charge in [0.2, 0.25) is 0 Å². The molecule has 6 nitrogen and oxygen atoms in total. The summed E-state index contributed by atoms with van der Waals surface area (Å²) in [7, 11) is 0. The molecular formula is C11H13NO5. The van der Waals surface area contributed by atoms with E-state index in [-0.39, 0.29) is 12.1 Å². The third-order valence-corrected chi connectivity index (χ3v) is 2.17. The van der Waals surface area contributed by atoms with Crippen molar-refractivity contribution in [3.63, 3.8) is 0 Å². The highest BCUT2D eigenvalue weighted by atomic mass is 16.6. The van der Waals surface area contributed by atoms with E-state index >= 15 is 0 Å². The Balaban J connectivity index is 2.86. The van der Waals surface area contributed by atoms with Crippen LogP contribution in [-0.2, 0) is 4.79 Å². The number of carboxylic acid groups (broad SMARTS) is 1. The number of carbonyl (C=O) groups is 1. The number of nitrogens with zero attached hydrogens (tertiary/aromatic N) is 1. The number of ether oxygens (including phenoxy) is 1. The van der Waals surface area contributed by atoms with E-state index in [1.54, 1.807) is 19.9 Å². The lowest BCUT2D eigenvalue weighted by atomic mass is 10.2. The molecule has 17 heavy (non-hydrogen) atoms. The zero-order chi connectivity index (χ0) is 13.0. The SMILES string of the molecule is Cc1ccc([N+](=O)[O-])cc1OC(C)CC(=O)O. The topological polar surface area (TPSA) is 89.7 Å². The van der Waals surface area contributed by atoms with Crippen molar-refractivity contribution in [3.05, 3.63) is 33.9 Å². The zero-order valence-electron chi connectivity index (χ0n) is 9.54. The fourth-order valence-corrected chi connectivity index (χ4v) is 1.33. The summed E-state index contributed by atoms with van der Waals surface area (Å²) in [4.78, 5) is 20.5. The van der Waals surface area contributed by atoms with Crippen molar-refractivity contribution in [2.45, 2.75) is 26.4 Å². The number of hydrogen-bond acceptors (Lipinski definition) is 4. The normalized spacial score (nSPS) is 11.9. The molecular weight excluding hydrogens is 226 g/mol. The Morgan fingerprint density at radius 1 is 1.59 bits per heavy atom. The number of hydrogen-bond donors (Lipinski definition) is 1. The summed E-state index contributed by atoms with van der Waals surface area (Å²) in [6, 6.07) is 4.25. The molecule has 0 bridgehead atoms. The Morgan fingerprint density at radius 3 is 2.76 bits per heavy atom. The number of non-ortho nitro benzene ring substituents is 1. The number of benzene rings is 1. The van der Waals surface area contributed by atoms with Gasteiger partial charge in [-0.25, -0.2) is 0 Å². The third-order valence-electron chi connectivity index (χ3n) is 2.17. The molecule has 1 atom stereocenters. The molecule has 0 aliphatic rings. The summed E-state index contributed by atoms with van der Waals surface area (Å²) in [6.07, 6.45) is -0.685. The summed E-state index contributed by atoms with van der Waals surface area (Å²) in [5, 5.41) is 19.2. The Bertz CT molecular complexity index is 443. The standard InChI is InChI=1S/C11H13NO5/c1-7-3-4-9(12(15)16)6-10(7)17-8(2)5-11(13)14/h3-4,6,8H,5H2,1-2H3,(H,13,14). The predicted octanol–water partition coefficient (Wildman–Crippen LogP) is 2.15. The van der Waals surface area contributed by atoms with Gasteiger partial charge in [0, 0.05) is 6.07 Å². The lowest BCUT2D eigenvalue weighted by Crippen LogP contribution is -2.17. The molecule has 6 heteroatoms. The fourth-order valence-electron chi connectivity index (χ4n) is 1.33. The van der Waals surface area contributed by atoms with Crippen LogP contribution in [0.4, 0.5) is 5.69 Å². The second kappa shape index (κ2) is 5.29. The zero-order valence-corrected chi connectivity index (χ0v) is 9.54. The highest BCUT2D eigenvalue weighted by Gasteiger charge is 2.14. The van der Waals surface area contributed by atoms with Crippen molar-refractivity contribution in [3.8, 4) is 5.75 Å². The molecule has 0 radical (unpaired) electrons. The molecule has 0 aromatic heterocycles. The van der Waals surface area contributed by atoms with Gasteiger partial charge in [-0.05, 0) is 25.5 Å². The van der Waals surface area contributed by atoms with E-state index < -0.39 is 17.0 Å². The van der Waals surface area contributed by atoms with Gasteiger partial charge in [0.1, 0.15) is 11.9 Å². The molecule has 92 valence electrons. The van der Waals surface area contributed by atoms with E-state index in [1.165, 1.54) is 12.1 Å². The minimum Gasteiger partial charge on any atom is -0.490 e. The number of aliphatic carboxylic acids is 1. The maximum absolute atomic E-state index is 10.6. The van der Waals surface area contributed by atoms with Crippen molar-refractivity contribution in [2.24, 2.45) is 0 Å². The van der Waals surface area contributed by atoms with Gasteiger partial charge in [0.05, 0.1) is 17.4 Å². The summed E-state index contributed by atoms with van der Waals surface area (Å²) in [5.74, 6) is -0.631. The van der Waals surface area contributed by atoms with Crippen LogP contribution in [0.1, 0.15) is 18.9 Å². The fraction of sp³-hybridized carbons (Fsp3) is 0.364. The first-order valence-corrected chi connectivity index (χ1v) is 5.03. The number of nitro benzene ring substituents is 1. The van der Waals surface area contributed by atoms with Gasteiger partial charge in [-0.3, -0.25) is 14.9 Å². The summed E-state index contributed by atoms with van der Waals surface area (Å²) < 4.78 is 5.36. The average Bonchev–Trinajstić information content (AvgIpc) is 2.19. The van der Waals surface area contributed by atoms with Crippen molar-refractivity contribution in [2.75, 3.05) is 0 Å². The molecule has 0 heterocycles. The van der Waals surface area contributed by atoms with Crippen LogP contribution in [0.3, 0.4) is 0 Å². The van der Waals surface area contributed by atoms with Gasteiger partial charge in [-0.15, -0.1) is 0 Å². The summed E-state index contributed by atoms with van der Waals surface area (Å²) in [5.41, 5.74) is 0.654. The van der Waals surface area contributed by atoms with Gasteiger partial charge >= 0.3 is 5.97 Å². The van der Waals surface area contributed by atoms with Gasteiger partial charge in [0.15, 0.2) is 0 Å². The third kappa shape index (κ3) is 3.75. The van der Waals surface area contributed by atoms with Crippen molar-refractivity contribution in [1.82, 2.24) is 0 Å². The first-order valence-electron chi connectivity index (χ1n) is 5.03. The van der Waals surface area contributed by atoms with Crippen LogP contribution < -0.4 is 4.74 Å². The monoisotopic (exact) mass is 239 g/mol. The van der Waals surface area contributed by atoms with E-state index in [4.69, 9.17) is 9.84 Å². The van der Waals surface area contributed by atoms with Crippen molar-refractivity contribution in [1.29, 1.82) is 0 Å². The first kappa shape index (κ1) is 13.0. The Morgan fingerprint density at radius 2 is 2.24 bits per heavy atom. The van der Waals surface area contributed by atoms with Crippen LogP contribution in [0, 0.1) is 17.0 Å². The number of nitro groups is 1. The van der Waals surface area contributed by atoms with Crippen molar-refractivity contribution >= 4 is 11.7 Å². The maximum atomic E-state index is 10.6. The van der Waals surface area contributed by atoms with Crippen LogP contribution >= 0.6 is 0 Å². The quantitative estimate of drug-likeness (QED) is 0.628. The minimum absolute atomic E-state index is 0.0758. The van der Waals surface area contributed by atoms with E-state index in [2.05, 4.69) is 0 Å². The Hall–Kier alpha value is -2.11. The molecule has 1 aromatic carbocycles. The highest BCUT2D eigenvalue weighted by molar-refractivity contribution is 5.67. The smallest absolute Gasteiger partial charge is 0.307 e. The molecule has 0 aliphatic carbocycles. The Labute approximate surface area is 98.0 Å². The lowest BCUT2D eigenvalue weighted by Gasteiger charge is -2.14. The number of rotatable bonds is 5. The summed E-state index contributed by atoms with van der Waals surface area (Å²) in [6.45, 7) is 3.35. The molecule has 1 aromatic rings. The molecule has 1 unspecified atom stereocenters. The largest absolute Gasteiger partial charge is 0.490 e. The van der Waals surface area contributed by atoms with E-state index in [0.29, 0.717) is 5.75 Å². The van der Waals surface area contributed by atoms with E-state index in [1.807, 2.05) is 0 Å². The van der Waals surface area contributed by atoms with Crippen LogP contribution in [0.15, 0.2) is 18.2 Å². The molecule has 1 N–H and O–H groups in total. The van der Waals surface area contributed by atoms with Crippen molar-refractivity contribution < 1.29 is 19.6 Å². The lowest BCUT2D eigenvalue weighted by molar-refractivity contribution is -0.385. The maximum Gasteiger partial charge on any atom is 0.307 e. The molecule has 0 saturated heterocycles. The molecule has 1 rings (SSSR count). The van der Waals surface area contributed by atoms with Gasteiger partial charge in [0.25, 0.3) is 5.69 Å². The average molecular weight is 239 g/mol. The van der Waals surface area contributed by atoms with Gasteiger partial charge in [-0.1, -0.05) is 0 Å². The first-order chi connectivity index (χ1) is 7.90.